The summed E-state index contributed by atoms with van der Waals surface area (Å²) in [7, 11) is 0. The fraction of sp³-hybridized carbons (Fsp3) is 0.400. The molecule has 0 amide bonds. The maximum Gasteiger partial charge on any atom is 0.0998 e. The Balaban J connectivity index is 1.60. The highest BCUT2D eigenvalue weighted by atomic mass is 35.5. The maximum absolute atomic E-state index is 9.55. The molecule has 4 heteroatoms. The van der Waals surface area contributed by atoms with E-state index in [0.717, 1.165) is 43.2 Å². The Bertz CT molecular complexity index is 856. The van der Waals surface area contributed by atoms with Crippen LogP contribution in [0.1, 0.15) is 37.8 Å². The van der Waals surface area contributed by atoms with Crippen LogP contribution < -0.4 is 4.90 Å². The van der Waals surface area contributed by atoms with Gasteiger partial charge in [-0.1, -0.05) is 55.8 Å². The van der Waals surface area contributed by atoms with Crippen molar-refractivity contribution in [2.75, 3.05) is 37.6 Å². The van der Waals surface area contributed by atoms with Crippen LogP contribution in [-0.2, 0) is 0 Å². The monoisotopic (exact) mass is 407 g/mol. The summed E-state index contributed by atoms with van der Waals surface area (Å²) in [6, 6.07) is 18.2. The highest BCUT2D eigenvalue weighted by Crippen LogP contribution is 2.26. The first kappa shape index (κ1) is 21.4. The van der Waals surface area contributed by atoms with Crippen LogP contribution in [-0.4, -0.2) is 37.6 Å². The lowest BCUT2D eigenvalue weighted by atomic mass is 10.0. The van der Waals surface area contributed by atoms with Crippen molar-refractivity contribution in [2.45, 2.75) is 26.7 Å². The van der Waals surface area contributed by atoms with Gasteiger partial charge in [0.05, 0.1) is 11.6 Å². The van der Waals surface area contributed by atoms with Crippen molar-refractivity contribution in [1.29, 1.82) is 5.26 Å². The van der Waals surface area contributed by atoms with Crippen LogP contribution in [0.3, 0.4) is 0 Å². The summed E-state index contributed by atoms with van der Waals surface area (Å²) in [5, 5.41) is 10.2. The standard InChI is InChI=1S/C25H30ClN3/c1-20(2)6-5-13-28-14-16-29(17-15-28)23-11-9-21(10-12-23)18-22(19-27)24-7-3-4-8-25(24)26/h3-4,7-12,18,20H,5-6,13-17H2,1-2H3/b22-18+. The SMILES string of the molecule is CC(C)CCCN1CCN(c2ccc(/C=C(\C#N)c3ccccc3Cl)cc2)CC1. The number of nitriles is 1. The number of halogens is 1. The summed E-state index contributed by atoms with van der Waals surface area (Å²) in [6.07, 6.45) is 4.51. The second-order valence-corrected chi connectivity index (χ2v) is 8.51. The molecule has 1 aliphatic heterocycles. The van der Waals surface area contributed by atoms with E-state index in [9.17, 15) is 5.26 Å². The number of piperazine rings is 1. The number of anilines is 1. The molecule has 0 saturated carbocycles. The topological polar surface area (TPSA) is 30.3 Å². The Morgan fingerprint density at radius 1 is 1.07 bits per heavy atom. The number of hydrogen-bond acceptors (Lipinski definition) is 3. The molecule has 0 unspecified atom stereocenters. The van der Waals surface area contributed by atoms with Crippen LogP contribution >= 0.6 is 11.6 Å². The number of benzene rings is 2. The van der Waals surface area contributed by atoms with Crippen molar-refractivity contribution in [3.8, 4) is 6.07 Å². The molecular formula is C25H30ClN3. The smallest absolute Gasteiger partial charge is 0.0998 e. The first-order valence-corrected chi connectivity index (χ1v) is 10.9. The van der Waals surface area contributed by atoms with Gasteiger partial charge in [-0.2, -0.15) is 5.26 Å². The Morgan fingerprint density at radius 3 is 2.38 bits per heavy atom. The Morgan fingerprint density at radius 2 is 1.76 bits per heavy atom. The predicted molar refractivity (Wildman–Crippen MR) is 124 cm³/mol. The van der Waals surface area contributed by atoms with E-state index in [1.165, 1.54) is 25.1 Å². The van der Waals surface area contributed by atoms with Crippen molar-refractivity contribution in [1.82, 2.24) is 4.90 Å². The van der Waals surface area contributed by atoms with Gasteiger partial charge in [-0.25, -0.2) is 0 Å². The second kappa shape index (κ2) is 10.5. The van der Waals surface area contributed by atoms with E-state index in [0.29, 0.717) is 10.6 Å². The molecule has 0 atom stereocenters. The largest absolute Gasteiger partial charge is 0.369 e. The summed E-state index contributed by atoms with van der Waals surface area (Å²) >= 11 is 6.25. The van der Waals surface area contributed by atoms with Gasteiger partial charge in [-0.05, 0) is 55.1 Å². The highest BCUT2D eigenvalue weighted by molar-refractivity contribution is 6.32. The first-order chi connectivity index (χ1) is 14.1. The van der Waals surface area contributed by atoms with Crippen molar-refractivity contribution < 1.29 is 0 Å². The van der Waals surface area contributed by atoms with Gasteiger partial charge in [0.2, 0.25) is 0 Å². The van der Waals surface area contributed by atoms with E-state index in [4.69, 9.17) is 11.6 Å². The number of rotatable bonds is 7. The third kappa shape index (κ3) is 6.10. The maximum atomic E-state index is 9.55. The molecule has 1 saturated heterocycles. The van der Waals surface area contributed by atoms with Crippen LogP contribution in [0.4, 0.5) is 5.69 Å². The molecule has 1 fully saturated rings. The molecule has 0 bridgehead atoms. The van der Waals surface area contributed by atoms with Gasteiger partial charge < -0.3 is 4.90 Å². The zero-order valence-electron chi connectivity index (χ0n) is 17.4. The van der Waals surface area contributed by atoms with Gasteiger partial charge in [-0.3, -0.25) is 4.90 Å². The van der Waals surface area contributed by atoms with Crippen LogP contribution in [0.5, 0.6) is 0 Å². The summed E-state index contributed by atoms with van der Waals surface area (Å²) in [6.45, 7) is 10.2. The molecule has 3 rings (SSSR count). The lowest BCUT2D eigenvalue weighted by Crippen LogP contribution is -2.46. The zero-order valence-corrected chi connectivity index (χ0v) is 18.2. The third-order valence-corrected chi connectivity index (χ3v) is 5.81. The lowest BCUT2D eigenvalue weighted by Gasteiger charge is -2.36. The minimum atomic E-state index is 0.582. The van der Waals surface area contributed by atoms with Crippen LogP contribution in [0.2, 0.25) is 5.02 Å². The Kier molecular flexibility index (Phi) is 7.75. The molecule has 3 nitrogen and oxygen atoms in total. The van der Waals surface area contributed by atoms with Crippen molar-refractivity contribution in [3.63, 3.8) is 0 Å². The minimum Gasteiger partial charge on any atom is -0.369 e. The molecule has 29 heavy (non-hydrogen) atoms. The second-order valence-electron chi connectivity index (χ2n) is 8.11. The highest BCUT2D eigenvalue weighted by Gasteiger charge is 2.17. The molecule has 0 N–H and O–H groups in total. The first-order valence-electron chi connectivity index (χ1n) is 10.5. The summed E-state index contributed by atoms with van der Waals surface area (Å²) in [4.78, 5) is 5.03. The van der Waals surface area contributed by atoms with Gasteiger partial charge >= 0.3 is 0 Å². The summed E-state index contributed by atoms with van der Waals surface area (Å²) in [5.74, 6) is 0.795. The fourth-order valence-corrected chi connectivity index (χ4v) is 3.99. The average Bonchev–Trinajstić information content (AvgIpc) is 2.73. The Hall–Kier alpha value is -2.28. The van der Waals surface area contributed by atoms with Crippen molar-refractivity contribution >= 4 is 28.9 Å². The molecule has 2 aromatic rings. The van der Waals surface area contributed by atoms with Gasteiger partial charge in [-0.15, -0.1) is 0 Å². The molecule has 0 spiro atoms. The van der Waals surface area contributed by atoms with Gasteiger partial charge in [0.15, 0.2) is 0 Å². The van der Waals surface area contributed by atoms with E-state index in [1.54, 1.807) is 0 Å². The number of hydrogen-bond donors (Lipinski definition) is 0. The molecular weight excluding hydrogens is 378 g/mol. The van der Waals surface area contributed by atoms with Gasteiger partial charge in [0, 0.05) is 42.5 Å². The number of nitrogens with zero attached hydrogens (tertiary/aromatic N) is 3. The fourth-order valence-electron chi connectivity index (χ4n) is 3.75. The van der Waals surface area contributed by atoms with Crippen molar-refractivity contribution in [3.05, 3.63) is 64.7 Å². The number of allylic oxidation sites excluding steroid dienone is 1. The van der Waals surface area contributed by atoms with E-state index in [2.05, 4.69) is 54.0 Å². The molecule has 152 valence electrons. The quantitative estimate of drug-likeness (QED) is 0.418. The normalized spacial score (nSPS) is 15.6. The molecule has 1 aliphatic rings. The Labute approximate surface area is 180 Å². The molecule has 0 aromatic heterocycles. The summed E-state index contributed by atoms with van der Waals surface area (Å²) in [5.41, 5.74) is 3.62. The van der Waals surface area contributed by atoms with Crippen LogP contribution in [0.25, 0.3) is 11.6 Å². The van der Waals surface area contributed by atoms with Crippen molar-refractivity contribution in [2.24, 2.45) is 5.92 Å². The van der Waals surface area contributed by atoms with E-state index >= 15 is 0 Å². The molecule has 0 aliphatic carbocycles. The zero-order chi connectivity index (χ0) is 20.6. The predicted octanol–water partition coefficient (Wildman–Crippen LogP) is 5.96. The van der Waals surface area contributed by atoms with Crippen LogP contribution in [0.15, 0.2) is 48.5 Å². The van der Waals surface area contributed by atoms with E-state index in [-0.39, 0.29) is 0 Å². The molecule has 1 heterocycles. The van der Waals surface area contributed by atoms with Gasteiger partial charge in [0.25, 0.3) is 0 Å². The minimum absolute atomic E-state index is 0.582. The average molecular weight is 408 g/mol. The van der Waals surface area contributed by atoms with E-state index < -0.39 is 0 Å². The van der Waals surface area contributed by atoms with Crippen LogP contribution in [0, 0.1) is 17.2 Å². The van der Waals surface area contributed by atoms with Gasteiger partial charge in [0.1, 0.15) is 0 Å². The molecule has 0 radical (unpaired) electrons. The summed E-state index contributed by atoms with van der Waals surface area (Å²) < 4.78 is 0. The third-order valence-electron chi connectivity index (χ3n) is 5.48. The van der Waals surface area contributed by atoms with E-state index in [1.807, 2.05) is 30.3 Å². The lowest BCUT2D eigenvalue weighted by molar-refractivity contribution is 0.248. The molecule has 2 aromatic carbocycles.